The summed E-state index contributed by atoms with van der Waals surface area (Å²) in [5.41, 5.74) is 0. The predicted molar refractivity (Wildman–Crippen MR) is 119 cm³/mol. The summed E-state index contributed by atoms with van der Waals surface area (Å²) in [5.74, 6) is 0.878. The third kappa shape index (κ3) is 6.34. The van der Waals surface area contributed by atoms with Gasteiger partial charge in [-0.2, -0.15) is 0 Å². The van der Waals surface area contributed by atoms with Crippen LogP contribution < -0.4 is 10.6 Å². The Morgan fingerprint density at radius 1 is 1.28 bits per heavy atom. The summed E-state index contributed by atoms with van der Waals surface area (Å²) >= 11 is 1.82. The maximum absolute atomic E-state index is 11.9. The average molecular weight is 422 g/mol. The molecule has 3 heterocycles. The monoisotopic (exact) mass is 421 g/mol. The highest BCUT2D eigenvalue weighted by Crippen LogP contribution is 2.28. The van der Waals surface area contributed by atoms with Crippen molar-refractivity contribution in [3.8, 4) is 0 Å². The normalized spacial score (nSPS) is 19.9. The molecule has 0 saturated carbocycles. The van der Waals surface area contributed by atoms with Crippen molar-refractivity contribution in [3.63, 3.8) is 0 Å². The molecule has 0 spiro atoms. The molecule has 2 aliphatic heterocycles. The molecule has 2 N–H and O–H groups in total. The molecule has 0 aromatic carbocycles. The van der Waals surface area contributed by atoms with Crippen LogP contribution in [0.1, 0.15) is 50.4 Å². The summed E-state index contributed by atoms with van der Waals surface area (Å²) in [6, 6.07) is 5.05. The van der Waals surface area contributed by atoms with Gasteiger partial charge in [-0.1, -0.05) is 6.07 Å². The van der Waals surface area contributed by atoms with E-state index in [1.165, 1.54) is 17.7 Å². The van der Waals surface area contributed by atoms with Crippen LogP contribution in [0.3, 0.4) is 0 Å². The standard InChI is InChI=1S/C21H35N5O2S/c1-3-22-20(24-17-9-13-26(14-10-17)21(27)28-4-2)23-16-18(19-8-7-15-29-19)25-11-5-6-12-25/h7-8,15,17-18H,3-6,9-14,16H2,1-2H3,(H2,22,23,24). The number of nitrogens with zero attached hydrogens (tertiary/aromatic N) is 3. The van der Waals surface area contributed by atoms with E-state index in [9.17, 15) is 4.79 Å². The number of hydrogen-bond acceptors (Lipinski definition) is 5. The lowest BCUT2D eigenvalue weighted by atomic mass is 10.1. The summed E-state index contributed by atoms with van der Waals surface area (Å²) in [7, 11) is 0. The second kappa shape index (κ2) is 11.4. The Morgan fingerprint density at radius 3 is 2.66 bits per heavy atom. The van der Waals surface area contributed by atoms with Gasteiger partial charge in [-0.15, -0.1) is 11.3 Å². The van der Waals surface area contributed by atoms with E-state index in [1.54, 1.807) is 4.90 Å². The van der Waals surface area contributed by atoms with Gasteiger partial charge in [0.2, 0.25) is 0 Å². The molecule has 2 fully saturated rings. The zero-order chi connectivity index (χ0) is 20.5. The fraction of sp³-hybridized carbons (Fsp3) is 0.714. The van der Waals surface area contributed by atoms with Gasteiger partial charge in [0.25, 0.3) is 0 Å². The summed E-state index contributed by atoms with van der Waals surface area (Å²) in [4.78, 5) is 22.6. The number of nitrogens with one attached hydrogen (secondary N) is 2. The quantitative estimate of drug-likeness (QED) is 0.523. The number of thiophene rings is 1. The van der Waals surface area contributed by atoms with Crippen LogP contribution in [-0.4, -0.2) is 73.8 Å². The number of amides is 1. The zero-order valence-electron chi connectivity index (χ0n) is 17.7. The minimum atomic E-state index is -0.198. The van der Waals surface area contributed by atoms with Gasteiger partial charge >= 0.3 is 6.09 Å². The average Bonchev–Trinajstić information content (AvgIpc) is 3.44. The highest BCUT2D eigenvalue weighted by atomic mass is 32.1. The minimum absolute atomic E-state index is 0.198. The molecule has 2 aliphatic rings. The van der Waals surface area contributed by atoms with Crippen LogP contribution in [0.5, 0.6) is 0 Å². The molecule has 8 heteroatoms. The molecule has 3 rings (SSSR count). The Morgan fingerprint density at radius 2 is 2.03 bits per heavy atom. The maximum atomic E-state index is 11.9. The van der Waals surface area contributed by atoms with Crippen molar-refractivity contribution in [2.45, 2.75) is 51.6 Å². The lowest BCUT2D eigenvalue weighted by Gasteiger charge is -2.32. The maximum Gasteiger partial charge on any atom is 0.409 e. The molecule has 1 aromatic rings. The third-order valence-corrected chi connectivity index (χ3v) is 6.55. The first-order chi connectivity index (χ1) is 14.2. The van der Waals surface area contributed by atoms with Crippen molar-refractivity contribution in [2.75, 3.05) is 45.9 Å². The lowest BCUT2D eigenvalue weighted by molar-refractivity contribution is 0.0963. The molecular formula is C21H35N5O2S. The van der Waals surface area contributed by atoms with E-state index in [1.807, 2.05) is 18.3 Å². The first-order valence-corrected chi connectivity index (χ1v) is 11.8. The van der Waals surface area contributed by atoms with E-state index in [0.717, 1.165) is 58.1 Å². The van der Waals surface area contributed by atoms with Crippen LogP contribution in [0.4, 0.5) is 4.79 Å². The smallest absolute Gasteiger partial charge is 0.409 e. The molecule has 7 nitrogen and oxygen atoms in total. The fourth-order valence-electron chi connectivity index (χ4n) is 4.03. The predicted octanol–water partition coefficient (Wildman–Crippen LogP) is 3.06. The summed E-state index contributed by atoms with van der Waals surface area (Å²) in [6.07, 6.45) is 4.18. The van der Waals surface area contributed by atoms with Crippen molar-refractivity contribution in [1.29, 1.82) is 0 Å². The topological polar surface area (TPSA) is 69.2 Å². The van der Waals surface area contributed by atoms with Crippen LogP contribution in [0, 0.1) is 0 Å². The summed E-state index contributed by atoms with van der Waals surface area (Å²) < 4.78 is 5.11. The van der Waals surface area contributed by atoms with Gasteiger partial charge in [0.1, 0.15) is 0 Å². The summed E-state index contributed by atoms with van der Waals surface area (Å²) in [5, 5.41) is 9.13. The Labute approximate surface area is 178 Å². The molecule has 162 valence electrons. The highest BCUT2D eigenvalue weighted by Gasteiger charge is 2.26. The SMILES string of the molecule is CCNC(=NCC(c1cccs1)N1CCCC1)NC1CCN(C(=O)OCC)CC1. The number of ether oxygens (including phenoxy) is 1. The van der Waals surface area contributed by atoms with E-state index >= 15 is 0 Å². The first-order valence-electron chi connectivity index (χ1n) is 10.9. The number of likely N-dealkylation sites (tertiary alicyclic amines) is 2. The second-order valence-electron chi connectivity index (χ2n) is 7.60. The van der Waals surface area contributed by atoms with Crippen LogP contribution in [0.15, 0.2) is 22.5 Å². The number of carbonyl (C=O) groups is 1. The minimum Gasteiger partial charge on any atom is -0.450 e. The van der Waals surface area contributed by atoms with Crippen LogP contribution in [-0.2, 0) is 4.74 Å². The molecule has 2 saturated heterocycles. The number of guanidine groups is 1. The lowest BCUT2D eigenvalue weighted by Crippen LogP contribution is -2.50. The van der Waals surface area contributed by atoms with Crippen molar-refractivity contribution in [1.82, 2.24) is 20.4 Å². The third-order valence-electron chi connectivity index (χ3n) is 5.58. The van der Waals surface area contributed by atoms with Crippen LogP contribution in [0.25, 0.3) is 0 Å². The van der Waals surface area contributed by atoms with Crippen LogP contribution in [0.2, 0.25) is 0 Å². The molecule has 0 bridgehead atoms. The number of piperidine rings is 1. The molecule has 1 unspecified atom stereocenters. The number of carbonyl (C=O) groups excluding carboxylic acids is 1. The second-order valence-corrected chi connectivity index (χ2v) is 8.58. The van der Waals surface area contributed by atoms with E-state index in [4.69, 9.17) is 9.73 Å². The van der Waals surface area contributed by atoms with E-state index in [-0.39, 0.29) is 6.09 Å². The van der Waals surface area contributed by atoms with Crippen molar-refractivity contribution < 1.29 is 9.53 Å². The zero-order valence-corrected chi connectivity index (χ0v) is 18.5. The number of hydrogen-bond donors (Lipinski definition) is 2. The Hall–Kier alpha value is -1.80. The van der Waals surface area contributed by atoms with Gasteiger partial charge < -0.3 is 20.3 Å². The summed E-state index contributed by atoms with van der Waals surface area (Å²) in [6.45, 7) is 9.73. The fourth-order valence-corrected chi connectivity index (χ4v) is 4.88. The van der Waals surface area contributed by atoms with E-state index in [2.05, 4.69) is 40.0 Å². The molecule has 0 aliphatic carbocycles. The number of rotatable bonds is 7. The number of aliphatic imine (C=N–C) groups is 1. The van der Waals surface area contributed by atoms with Gasteiger partial charge in [0.05, 0.1) is 19.2 Å². The van der Waals surface area contributed by atoms with Crippen LogP contribution >= 0.6 is 11.3 Å². The molecule has 0 radical (unpaired) electrons. The van der Waals surface area contributed by atoms with Gasteiger partial charge in [0, 0.05) is 30.6 Å². The Balaban J connectivity index is 1.57. The Bertz CT molecular complexity index is 638. The molecule has 29 heavy (non-hydrogen) atoms. The molecular weight excluding hydrogens is 386 g/mol. The molecule has 1 aromatic heterocycles. The van der Waals surface area contributed by atoms with Crippen molar-refractivity contribution in [2.24, 2.45) is 4.99 Å². The van der Waals surface area contributed by atoms with Gasteiger partial charge in [0.15, 0.2) is 5.96 Å². The van der Waals surface area contributed by atoms with E-state index < -0.39 is 0 Å². The van der Waals surface area contributed by atoms with Gasteiger partial charge in [-0.05, 0) is 64.1 Å². The first kappa shape index (κ1) is 21.9. The van der Waals surface area contributed by atoms with Gasteiger partial charge in [-0.3, -0.25) is 9.89 Å². The highest BCUT2D eigenvalue weighted by molar-refractivity contribution is 7.10. The van der Waals surface area contributed by atoms with Gasteiger partial charge in [-0.25, -0.2) is 4.79 Å². The van der Waals surface area contributed by atoms with Crippen molar-refractivity contribution >= 4 is 23.4 Å². The molecule has 1 amide bonds. The molecule has 1 atom stereocenters. The Kier molecular flexibility index (Phi) is 8.61. The van der Waals surface area contributed by atoms with E-state index in [0.29, 0.717) is 18.7 Å². The van der Waals surface area contributed by atoms with Crippen molar-refractivity contribution in [3.05, 3.63) is 22.4 Å². The largest absolute Gasteiger partial charge is 0.450 e.